The van der Waals surface area contributed by atoms with E-state index in [0.29, 0.717) is 6.04 Å². The van der Waals surface area contributed by atoms with E-state index in [2.05, 4.69) is 39.3 Å². The molecule has 76 valence electrons. The molecule has 0 saturated heterocycles. The van der Waals surface area contributed by atoms with Gasteiger partial charge in [0.2, 0.25) is 0 Å². The van der Waals surface area contributed by atoms with Crippen LogP contribution in [0.15, 0.2) is 35.8 Å². The molecule has 1 N–H and O–H groups in total. The first-order valence-electron chi connectivity index (χ1n) is 5.17. The quantitative estimate of drug-likeness (QED) is 0.791. The van der Waals surface area contributed by atoms with Crippen LogP contribution < -0.4 is 5.32 Å². The van der Waals surface area contributed by atoms with E-state index in [0.717, 1.165) is 12.8 Å². The molecule has 1 aromatic carbocycles. The number of anilines is 1. The average molecular weight is 216 g/mol. The predicted octanol–water partition coefficient (Wildman–Crippen LogP) is 3.24. The minimum absolute atomic E-state index is 0.443. The van der Waals surface area contributed by atoms with Gasteiger partial charge in [-0.3, -0.25) is 0 Å². The minimum Gasteiger partial charge on any atom is -0.378 e. The van der Waals surface area contributed by atoms with E-state index in [1.165, 1.54) is 28.3 Å². The molecule has 0 radical (unpaired) electrons. The van der Waals surface area contributed by atoms with Gasteiger partial charge in [-0.15, -0.1) is 0 Å². The maximum absolute atomic E-state index is 4.16. The second-order valence-electron chi connectivity index (χ2n) is 3.85. The normalized spacial score (nSPS) is 19.3. The lowest BCUT2D eigenvalue weighted by Crippen LogP contribution is -2.17. The average Bonchev–Trinajstić information content (AvgIpc) is 2.82. The molecule has 3 heteroatoms. The van der Waals surface area contributed by atoms with Crippen molar-refractivity contribution in [2.24, 2.45) is 0 Å². The molecule has 1 unspecified atom stereocenters. The highest BCUT2D eigenvalue weighted by Gasteiger charge is 2.18. The first-order valence-corrected chi connectivity index (χ1v) is 6.01. The third-order valence-corrected chi connectivity index (χ3v) is 3.51. The van der Waals surface area contributed by atoms with Crippen LogP contribution in [0.2, 0.25) is 0 Å². The van der Waals surface area contributed by atoms with Gasteiger partial charge in [0.25, 0.3) is 0 Å². The summed E-state index contributed by atoms with van der Waals surface area (Å²) < 4.78 is 4.16. The summed E-state index contributed by atoms with van der Waals surface area (Å²) in [6.07, 6.45) is 4.29. The number of aromatic nitrogens is 1. The first-order chi connectivity index (χ1) is 7.43. The maximum Gasteiger partial charge on any atom is 0.0541 e. The summed E-state index contributed by atoms with van der Waals surface area (Å²) >= 11 is 1.52. The second kappa shape index (κ2) is 3.66. The highest BCUT2D eigenvalue weighted by molar-refractivity contribution is 7.03. The molecule has 2 nitrogen and oxygen atoms in total. The number of hydrogen-bond donors (Lipinski definition) is 1. The van der Waals surface area contributed by atoms with Crippen molar-refractivity contribution in [3.63, 3.8) is 0 Å². The number of hydrogen-bond acceptors (Lipinski definition) is 3. The van der Waals surface area contributed by atoms with Gasteiger partial charge in [-0.2, -0.15) is 0 Å². The second-order valence-corrected chi connectivity index (χ2v) is 4.51. The van der Waals surface area contributed by atoms with Crippen LogP contribution in [0.1, 0.15) is 23.6 Å². The van der Waals surface area contributed by atoms with Gasteiger partial charge < -0.3 is 5.32 Å². The third-order valence-electron chi connectivity index (χ3n) is 2.90. The number of rotatable bonds is 1. The summed E-state index contributed by atoms with van der Waals surface area (Å²) in [5.41, 5.74) is 4.02. The van der Waals surface area contributed by atoms with Crippen molar-refractivity contribution in [3.05, 3.63) is 47.0 Å². The van der Waals surface area contributed by atoms with E-state index in [-0.39, 0.29) is 0 Å². The zero-order valence-corrected chi connectivity index (χ0v) is 9.13. The molecule has 1 atom stereocenters. The van der Waals surface area contributed by atoms with Crippen LogP contribution >= 0.6 is 11.5 Å². The molecular formula is C12H12N2S. The van der Waals surface area contributed by atoms with Gasteiger partial charge in [-0.25, -0.2) is 4.37 Å². The lowest BCUT2D eigenvalue weighted by Gasteiger charge is -2.26. The van der Waals surface area contributed by atoms with Gasteiger partial charge >= 0.3 is 0 Å². The molecule has 2 heterocycles. The van der Waals surface area contributed by atoms with Gasteiger partial charge in [-0.05, 0) is 36.0 Å². The maximum atomic E-state index is 4.16. The highest BCUT2D eigenvalue weighted by atomic mass is 32.1. The number of para-hydroxylation sites is 1. The van der Waals surface area contributed by atoms with Crippen LogP contribution in [0.25, 0.3) is 0 Å². The monoisotopic (exact) mass is 216 g/mol. The van der Waals surface area contributed by atoms with Gasteiger partial charge in [-0.1, -0.05) is 18.2 Å². The third kappa shape index (κ3) is 1.63. The molecule has 0 fully saturated rings. The minimum atomic E-state index is 0.443. The Hall–Kier alpha value is -1.35. The van der Waals surface area contributed by atoms with Crippen molar-refractivity contribution < 1.29 is 0 Å². The lowest BCUT2D eigenvalue weighted by molar-refractivity contribution is 0.669. The van der Waals surface area contributed by atoms with Gasteiger partial charge in [0.05, 0.1) is 6.04 Å². The van der Waals surface area contributed by atoms with Crippen LogP contribution in [0.5, 0.6) is 0 Å². The van der Waals surface area contributed by atoms with Gasteiger partial charge in [0, 0.05) is 22.8 Å². The predicted molar refractivity (Wildman–Crippen MR) is 63.2 cm³/mol. The van der Waals surface area contributed by atoms with Crippen molar-refractivity contribution in [2.45, 2.75) is 18.9 Å². The summed E-state index contributed by atoms with van der Waals surface area (Å²) in [7, 11) is 0. The molecule has 2 aromatic rings. The van der Waals surface area contributed by atoms with E-state index in [1.807, 2.05) is 6.20 Å². The lowest BCUT2D eigenvalue weighted by atomic mass is 9.95. The Morgan fingerprint density at radius 2 is 2.27 bits per heavy atom. The fraction of sp³-hybridized carbons (Fsp3) is 0.250. The summed E-state index contributed by atoms with van der Waals surface area (Å²) in [6.45, 7) is 0. The Balaban J connectivity index is 1.89. The van der Waals surface area contributed by atoms with Crippen LogP contribution in [-0.4, -0.2) is 4.37 Å². The van der Waals surface area contributed by atoms with E-state index >= 15 is 0 Å². The molecule has 1 aromatic heterocycles. The number of nitrogens with zero attached hydrogens (tertiary/aromatic N) is 1. The standard InChI is InChI=1S/C12H12N2S/c1-2-4-11-9(3-1)5-6-12(14-11)10-7-13-15-8-10/h1-4,7-8,12,14H,5-6H2. The van der Waals surface area contributed by atoms with Crippen molar-refractivity contribution in [1.29, 1.82) is 0 Å². The molecular weight excluding hydrogens is 204 g/mol. The summed E-state index contributed by atoms with van der Waals surface area (Å²) in [5, 5.41) is 5.70. The van der Waals surface area contributed by atoms with Crippen molar-refractivity contribution in [3.8, 4) is 0 Å². The van der Waals surface area contributed by atoms with Crippen LogP contribution in [-0.2, 0) is 6.42 Å². The van der Waals surface area contributed by atoms with Crippen molar-refractivity contribution >= 4 is 17.2 Å². The van der Waals surface area contributed by atoms with Gasteiger partial charge in [0.1, 0.15) is 0 Å². The molecule has 0 amide bonds. The molecule has 1 aliphatic heterocycles. The van der Waals surface area contributed by atoms with Crippen LogP contribution in [0.4, 0.5) is 5.69 Å². The molecule has 0 saturated carbocycles. The SMILES string of the molecule is c1ccc2c(c1)CCC(c1cnsc1)N2. The van der Waals surface area contributed by atoms with E-state index < -0.39 is 0 Å². The molecule has 1 aliphatic rings. The molecule has 0 aliphatic carbocycles. The van der Waals surface area contributed by atoms with Crippen molar-refractivity contribution in [2.75, 3.05) is 5.32 Å². The number of aryl methyl sites for hydroxylation is 1. The number of nitrogens with one attached hydrogen (secondary N) is 1. The number of fused-ring (bicyclic) bond motifs is 1. The zero-order chi connectivity index (χ0) is 10.1. The molecule has 15 heavy (non-hydrogen) atoms. The number of benzene rings is 1. The Bertz CT molecular complexity index is 450. The highest BCUT2D eigenvalue weighted by Crippen LogP contribution is 2.32. The summed E-state index contributed by atoms with van der Waals surface area (Å²) in [6, 6.07) is 8.98. The van der Waals surface area contributed by atoms with Crippen LogP contribution in [0.3, 0.4) is 0 Å². The Labute approximate surface area is 93.1 Å². The van der Waals surface area contributed by atoms with Gasteiger partial charge in [0.15, 0.2) is 0 Å². The smallest absolute Gasteiger partial charge is 0.0541 e. The van der Waals surface area contributed by atoms with E-state index in [4.69, 9.17) is 0 Å². The summed E-state index contributed by atoms with van der Waals surface area (Å²) in [5.74, 6) is 0. The van der Waals surface area contributed by atoms with E-state index in [9.17, 15) is 0 Å². The fourth-order valence-corrected chi connectivity index (χ4v) is 2.66. The van der Waals surface area contributed by atoms with E-state index in [1.54, 1.807) is 0 Å². The largest absolute Gasteiger partial charge is 0.378 e. The topological polar surface area (TPSA) is 24.9 Å². The molecule has 0 bridgehead atoms. The molecule has 0 spiro atoms. The van der Waals surface area contributed by atoms with Crippen molar-refractivity contribution in [1.82, 2.24) is 4.37 Å². The summed E-state index contributed by atoms with van der Waals surface area (Å²) in [4.78, 5) is 0. The zero-order valence-electron chi connectivity index (χ0n) is 8.31. The Kier molecular flexibility index (Phi) is 2.18. The fourth-order valence-electron chi connectivity index (χ4n) is 2.07. The van der Waals surface area contributed by atoms with Crippen LogP contribution in [0, 0.1) is 0 Å². The Morgan fingerprint density at radius 3 is 3.13 bits per heavy atom. The molecule has 3 rings (SSSR count). The Morgan fingerprint density at radius 1 is 1.33 bits per heavy atom. The first kappa shape index (κ1) is 8.92.